The molecule has 3 radical (unpaired) electrons. The minimum atomic E-state index is -2.39. The molecule has 0 unspecified atom stereocenters. The Morgan fingerprint density at radius 1 is 0.714 bits per heavy atom. The summed E-state index contributed by atoms with van der Waals surface area (Å²) in [4.78, 5) is 0. The molecular formula is C19H37O4Si5. The summed E-state index contributed by atoms with van der Waals surface area (Å²) in [5, 5.41) is 0.843. The van der Waals surface area contributed by atoms with Crippen molar-refractivity contribution in [2.75, 3.05) is 0 Å². The van der Waals surface area contributed by atoms with Gasteiger partial charge in [0.1, 0.15) is 16.9 Å². The van der Waals surface area contributed by atoms with Crippen molar-refractivity contribution in [2.45, 2.75) is 72.0 Å². The molecule has 0 saturated carbocycles. The third-order valence-corrected chi connectivity index (χ3v) is 9.51. The van der Waals surface area contributed by atoms with Crippen molar-refractivity contribution in [3.05, 3.63) is 35.2 Å². The Bertz CT molecular complexity index is 698. The Morgan fingerprint density at radius 3 is 1.64 bits per heavy atom. The molecule has 0 aliphatic heterocycles. The second-order valence-corrected chi connectivity index (χ2v) is 28.0. The first kappa shape index (κ1) is 25.4. The molecule has 0 spiro atoms. The van der Waals surface area contributed by atoms with Crippen LogP contribution in [0.5, 0.6) is 5.75 Å². The highest BCUT2D eigenvalue weighted by atomic mass is 28.4. The van der Waals surface area contributed by atoms with Gasteiger partial charge in [-0.3, -0.25) is 0 Å². The predicted octanol–water partition coefficient (Wildman–Crippen LogP) is 6.12. The molecule has 0 saturated heterocycles. The van der Waals surface area contributed by atoms with Crippen LogP contribution in [0.2, 0.25) is 72.0 Å². The van der Waals surface area contributed by atoms with Crippen molar-refractivity contribution >= 4 is 49.5 Å². The van der Waals surface area contributed by atoms with Crippen LogP contribution in [0.4, 0.5) is 0 Å². The van der Waals surface area contributed by atoms with Crippen molar-refractivity contribution in [2.24, 2.45) is 0 Å². The Hall–Kier alpha value is -0.596. The molecule has 0 bridgehead atoms. The zero-order valence-electron chi connectivity index (χ0n) is 19.4. The van der Waals surface area contributed by atoms with Crippen LogP contribution >= 0.6 is 0 Å². The molecule has 0 N–H and O–H groups in total. The van der Waals surface area contributed by atoms with Crippen LogP contribution in [-0.2, 0) is 13.0 Å². The molecule has 0 aromatic heterocycles. The summed E-state index contributed by atoms with van der Waals surface area (Å²) in [6, 6.07) is 8.12. The Kier molecular flexibility index (Phi) is 8.22. The number of para-hydroxylation sites is 1. The molecule has 0 aliphatic carbocycles. The van der Waals surface area contributed by atoms with Crippen LogP contribution in [0.3, 0.4) is 0 Å². The highest BCUT2D eigenvalue weighted by Gasteiger charge is 2.38. The van der Waals surface area contributed by atoms with Gasteiger partial charge in [-0.15, -0.1) is 0 Å². The summed E-state index contributed by atoms with van der Waals surface area (Å²) in [5.41, 5.74) is 0.949. The Morgan fingerprint density at radius 2 is 1.21 bits per heavy atom. The molecule has 1 aromatic rings. The summed E-state index contributed by atoms with van der Waals surface area (Å²) >= 11 is 0. The Labute approximate surface area is 179 Å². The van der Waals surface area contributed by atoms with Crippen LogP contribution in [0, 0.1) is 0 Å². The molecule has 0 amide bonds. The molecule has 1 aromatic carbocycles. The molecule has 0 aliphatic rings. The van der Waals surface area contributed by atoms with Crippen LogP contribution in [-0.4, -0.2) is 43.8 Å². The molecule has 1 rings (SSSR count). The maximum atomic E-state index is 6.66. The van der Waals surface area contributed by atoms with Crippen LogP contribution in [0.25, 0.3) is 5.76 Å². The molecule has 28 heavy (non-hydrogen) atoms. The van der Waals surface area contributed by atoms with Gasteiger partial charge >= 0.3 is 0 Å². The van der Waals surface area contributed by atoms with Crippen molar-refractivity contribution in [1.29, 1.82) is 0 Å². The smallest absolute Gasteiger partial charge is 0.249 e. The predicted molar refractivity (Wildman–Crippen MR) is 131 cm³/mol. The second kappa shape index (κ2) is 9.05. The van der Waals surface area contributed by atoms with E-state index in [-0.39, 0.29) is 0 Å². The van der Waals surface area contributed by atoms with Gasteiger partial charge in [-0.05, 0) is 84.1 Å². The summed E-state index contributed by atoms with van der Waals surface area (Å²) < 4.78 is 25.5. The lowest BCUT2D eigenvalue weighted by Gasteiger charge is -2.35. The summed E-state index contributed by atoms with van der Waals surface area (Å²) in [5.74, 6) is 1.63. The average molecular weight is 470 g/mol. The van der Waals surface area contributed by atoms with E-state index in [1.165, 1.54) is 0 Å². The monoisotopic (exact) mass is 469 g/mol. The lowest BCUT2D eigenvalue weighted by molar-refractivity contribution is 0.401. The fourth-order valence-electron chi connectivity index (χ4n) is 2.40. The van der Waals surface area contributed by atoms with Crippen molar-refractivity contribution < 1.29 is 17.4 Å². The molecule has 4 nitrogen and oxygen atoms in total. The molecular weight excluding hydrogens is 433 g/mol. The van der Waals surface area contributed by atoms with Gasteiger partial charge in [0.2, 0.25) is 43.8 Å². The van der Waals surface area contributed by atoms with E-state index in [1.807, 2.05) is 18.2 Å². The molecule has 0 heterocycles. The summed E-state index contributed by atoms with van der Waals surface area (Å²) in [7, 11) is -4.70. The highest BCUT2D eigenvalue weighted by molar-refractivity contribution is 6.83. The largest absolute Gasteiger partial charge is 0.546 e. The van der Waals surface area contributed by atoms with Gasteiger partial charge < -0.3 is 17.4 Å². The maximum absolute atomic E-state index is 6.66. The van der Waals surface area contributed by atoms with E-state index in [0.29, 0.717) is 0 Å². The first-order valence-electron chi connectivity index (χ1n) is 9.71. The molecule has 9 heteroatoms. The maximum Gasteiger partial charge on any atom is 0.249 e. The first-order chi connectivity index (χ1) is 12.5. The fourth-order valence-corrected chi connectivity index (χ4v) is 7.86. The molecule has 0 fully saturated rings. The standard InChI is InChI=1S/C19H37O4Si5/c1-25(2,3)20-17-15-13-12-14-16(17)18(21-26(4,5)6)19(22-27(7,8)9)28(10,11)23-24/h12-15H,1-11H3. The topological polar surface area (TPSA) is 36.9 Å². The average Bonchev–Trinajstić information content (AvgIpc) is 2.48. The van der Waals surface area contributed by atoms with E-state index >= 15 is 0 Å². The van der Waals surface area contributed by atoms with Gasteiger partial charge in [0.05, 0.1) is 5.56 Å². The highest BCUT2D eigenvalue weighted by Crippen LogP contribution is 2.37. The van der Waals surface area contributed by atoms with Crippen molar-refractivity contribution in [3.8, 4) is 5.75 Å². The van der Waals surface area contributed by atoms with Crippen LogP contribution in [0.15, 0.2) is 29.6 Å². The quantitative estimate of drug-likeness (QED) is 0.322. The first-order valence-corrected chi connectivity index (χ1v) is 23.3. The van der Waals surface area contributed by atoms with E-state index < -0.39 is 33.3 Å². The van der Waals surface area contributed by atoms with Crippen molar-refractivity contribution in [1.82, 2.24) is 0 Å². The molecule has 157 valence electrons. The van der Waals surface area contributed by atoms with E-state index in [4.69, 9.17) is 17.4 Å². The fraction of sp³-hybridized carbons (Fsp3) is 0.579. The third kappa shape index (κ3) is 8.41. The zero-order chi connectivity index (χ0) is 22.0. The van der Waals surface area contributed by atoms with E-state index in [1.54, 1.807) is 0 Å². The zero-order valence-corrected chi connectivity index (χ0v) is 24.4. The van der Waals surface area contributed by atoms with Gasteiger partial charge in [-0.2, -0.15) is 0 Å². The lowest BCUT2D eigenvalue weighted by atomic mass is 10.2. The number of benzene rings is 1. The normalized spacial score (nSPS) is 14.4. The minimum absolute atomic E-state index is 0.783. The molecule has 0 atom stereocenters. The van der Waals surface area contributed by atoms with Gasteiger partial charge in [-0.1, -0.05) is 12.1 Å². The lowest BCUT2D eigenvalue weighted by Crippen LogP contribution is -2.41. The van der Waals surface area contributed by atoms with Gasteiger partial charge in [0.15, 0.2) is 0 Å². The van der Waals surface area contributed by atoms with Crippen molar-refractivity contribution in [3.63, 3.8) is 0 Å². The second-order valence-electron chi connectivity index (χ2n) is 10.4. The van der Waals surface area contributed by atoms with Crippen LogP contribution < -0.4 is 4.43 Å². The van der Waals surface area contributed by atoms with Gasteiger partial charge in [-0.25, -0.2) is 0 Å². The number of rotatable bonds is 9. The minimum Gasteiger partial charge on any atom is -0.546 e. The summed E-state index contributed by atoms with van der Waals surface area (Å²) in [6.07, 6.45) is 0. The number of hydrogen-bond acceptors (Lipinski definition) is 4. The SMILES string of the molecule is C[Si](C)(C)OC(=C(O[Si](C)(C)C)[Si](C)(C)O[Si])c1ccccc1O[Si](C)(C)C. The third-order valence-electron chi connectivity index (χ3n) is 3.37. The van der Waals surface area contributed by atoms with E-state index in [9.17, 15) is 0 Å². The van der Waals surface area contributed by atoms with Crippen LogP contribution in [0.1, 0.15) is 5.56 Å². The van der Waals surface area contributed by atoms with Gasteiger partial charge in [0.25, 0.3) is 0 Å². The van der Waals surface area contributed by atoms with Gasteiger partial charge in [0, 0.05) is 0 Å². The van der Waals surface area contributed by atoms with E-state index in [2.05, 4.69) is 88.6 Å². The number of hydrogen-bond donors (Lipinski definition) is 0. The van der Waals surface area contributed by atoms with E-state index in [0.717, 1.165) is 22.5 Å². The summed E-state index contributed by atoms with van der Waals surface area (Å²) in [6.45, 7) is 23.9. The Balaban J connectivity index is 3.82.